The van der Waals surface area contributed by atoms with Crippen LogP contribution in [0.4, 0.5) is 0 Å². The van der Waals surface area contributed by atoms with Crippen LogP contribution in [-0.2, 0) is 0 Å². The molecule has 86 valence electrons. The maximum absolute atomic E-state index is 12.1. The lowest BCUT2D eigenvalue weighted by Crippen LogP contribution is -2.16. The number of hydrogen-bond donors (Lipinski definition) is 1. The van der Waals surface area contributed by atoms with E-state index in [1.165, 1.54) is 0 Å². The Labute approximate surface area is 95.8 Å². The highest BCUT2D eigenvalue weighted by Crippen LogP contribution is 2.18. The molecule has 0 unspecified atom stereocenters. The van der Waals surface area contributed by atoms with E-state index in [0.29, 0.717) is 12.0 Å². The van der Waals surface area contributed by atoms with Crippen LogP contribution < -0.4 is 0 Å². The lowest BCUT2D eigenvalue weighted by atomic mass is 9.94. The van der Waals surface area contributed by atoms with Crippen LogP contribution in [0.3, 0.4) is 0 Å². The molecule has 3 nitrogen and oxygen atoms in total. The number of aryl methyl sites for hydroxylation is 3. The number of nitrogens with zero attached hydrogens (tertiary/aromatic N) is 1. The number of Topliss-reactive ketones (excluding diaryl/α,β-unsaturated/α-hetero) is 1. The standard InChI is InChI=1S/C13H17NO2/c1-5-11(14-16)13(15)12-9(3)6-8(2)7-10(12)4/h6-7,16H,5H2,1-4H3/b14-11+. The normalized spacial score (nSPS) is 11.6. The summed E-state index contributed by atoms with van der Waals surface area (Å²) in [6, 6.07) is 3.93. The van der Waals surface area contributed by atoms with Gasteiger partial charge in [0.2, 0.25) is 5.78 Å². The molecule has 16 heavy (non-hydrogen) atoms. The summed E-state index contributed by atoms with van der Waals surface area (Å²) in [5.74, 6) is -0.181. The number of ketones is 1. The van der Waals surface area contributed by atoms with Gasteiger partial charge in [0.15, 0.2) is 0 Å². The molecule has 0 spiro atoms. The molecule has 0 amide bonds. The Morgan fingerprint density at radius 2 is 1.75 bits per heavy atom. The van der Waals surface area contributed by atoms with E-state index in [1.54, 1.807) is 6.92 Å². The molecule has 0 bridgehead atoms. The Morgan fingerprint density at radius 3 is 2.12 bits per heavy atom. The van der Waals surface area contributed by atoms with Crippen molar-refractivity contribution in [2.45, 2.75) is 34.1 Å². The van der Waals surface area contributed by atoms with Gasteiger partial charge in [-0.2, -0.15) is 0 Å². The monoisotopic (exact) mass is 219 g/mol. The molecule has 0 aliphatic rings. The third kappa shape index (κ3) is 2.30. The van der Waals surface area contributed by atoms with Crippen molar-refractivity contribution in [2.24, 2.45) is 5.16 Å². The van der Waals surface area contributed by atoms with Gasteiger partial charge < -0.3 is 5.21 Å². The molecule has 0 radical (unpaired) electrons. The molecule has 0 aliphatic carbocycles. The van der Waals surface area contributed by atoms with Crippen LogP contribution in [0, 0.1) is 20.8 Å². The quantitative estimate of drug-likeness (QED) is 0.367. The van der Waals surface area contributed by atoms with Crippen LogP contribution in [0.2, 0.25) is 0 Å². The summed E-state index contributed by atoms with van der Waals surface area (Å²) in [4.78, 5) is 12.1. The molecule has 0 heterocycles. The number of carbonyl (C=O) groups is 1. The van der Waals surface area contributed by atoms with Gasteiger partial charge in [0.25, 0.3) is 0 Å². The predicted molar refractivity (Wildman–Crippen MR) is 64.5 cm³/mol. The van der Waals surface area contributed by atoms with Crippen LogP contribution in [0.25, 0.3) is 0 Å². The Morgan fingerprint density at radius 1 is 1.25 bits per heavy atom. The summed E-state index contributed by atoms with van der Waals surface area (Å²) >= 11 is 0. The Bertz CT molecular complexity index is 424. The molecule has 0 fully saturated rings. The van der Waals surface area contributed by atoms with E-state index in [2.05, 4.69) is 5.16 Å². The van der Waals surface area contributed by atoms with E-state index in [9.17, 15) is 4.79 Å². The largest absolute Gasteiger partial charge is 0.411 e. The second-order valence-corrected chi connectivity index (χ2v) is 4.00. The van der Waals surface area contributed by atoms with Gasteiger partial charge >= 0.3 is 0 Å². The first-order valence-electron chi connectivity index (χ1n) is 5.34. The number of benzene rings is 1. The van der Waals surface area contributed by atoms with E-state index in [1.807, 2.05) is 32.9 Å². The van der Waals surface area contributed by atoms with Gasteiger partial charge in [-0.15, -0.1) is 0 Å². The first-order valence-corrected chi connectivity index (χ1v) is 5.34. The maximum Gasteiger partial charge on any atom is 0.211 e. The molecule has 0 saturated carbocycles. The van der Waals surface area contributed by atoms with Crippen molar-refractivity contribution >= 4 is 11.5 Å². The van der Waals surface area contributed by atoms with Crippen LogP contribution in [0.5, 0.6) is 0 Å². The molecular weight excluding hydrogens is 202 g/mol. The minimum atomic E-state index is -0.181. The van der Waals surface area contributed by atoms with E-state index in [4.69, 9.17) is 5.21 Å². The minimum Gasteiger partial charge on any atom is -0.411 e. The number of oxime groups is 1. The summed E-state index contributed by atoms with van der Waals surface area (Å²) in [6.07, 6.45) is 0.433. The summed E-state index contributed by atoms with van der Waals surface area (Å²) in [7, 11) is 0. The van der Waals surface area contributed by atoms with Crippen molar-refractivity contribution in [1.82, 2.24) is 0 Å². The average molecular weight is 219 g/mol. The fourth-order valence-corrected chi connectivity index (χ4v) is 1.96. The predicted octanol–water partition coefficient (Wildman–Crippen LogP) is 3.03. The van der Waals surface area contributed by atoms with E-state index in [-0.39, 0.29) is 11.5 Å². The summed E-state index contributed by atoms with van der Waals surface area (Å²) in [5.41, 5.74) is 3.84. The van der Waals surface area contributed by atoms with Gasteiger partial charge in [-0.25, -0.2) is 0 Å². The van der Waals surface area contributed by atoms with Gasteiger partial charge in [-0.1, -0.05) is 29.8 Å². The molecular formula is C13H17NO2. The zero-order valence-electron chi connectivity index (χ0n) is 10.2. The molecule has 0 saturated heterocycles. The Hall–Kier alpha value is -1.64. The highest BCUT2D eigenvalue weighted by molar-refractivity contribution is 6.46. The molecule has 3 heteroatoms. The van der Waals surface area contributed by atoms with E-state index < -0.39 is 0 Å². The van der Waals surface area contributed by atoms with Crippen molar-refractivity contribution in [3.05, 3.63) is 34.4 Å². The first kappa shape index (κ1) is 12.4. The third-order valence-electron chi connectivity index (χ3n) is 2.62. The number of hydrogen-bond acceptors (Lipinski definition) is 3. The van der Waals surface area contributed by atoms with Crippen LogP contribution in [-0.4, -0.2) is 16.7 Å². The van der Waals surface area contributed by atoms with E-state index in [0.717, 1.165) is 16.7 Å². The topological polar surface area (TPSA) is 49.7 Å². The Balaban J connectivity index is 3.29. The molecule has 0 atom stereocenters. The van der Waals surface area contributed by atoms with Gasteiger partial charge in [-0.3, -0.25) is 4.79 Å². The molecule has 0 aromatic heterocycles. The highest BCUT2D eigenvalue weighted by atomic mass is 16.4. The summed E-state index contributed by atoms with van der Waals surface area (Å²) < 4.78 is 0. The molecule has 1 aromatic rings. The summed E-state index contributed by atoms with van der Waals surface area (Å²) in [5, 5.41) is 11.8. The molecule has 1 aromatic carbocycles. The average Bonchev–Trinajstić information content (AvgIpc) is 2.17. The van der Waals surface area contributed by atoms with E-state index >= 15 is 0 Å². The molecule has 1 rings (SSSR count). The van der Waals surface area contributed by atoms with Gasteiger partial charge in [0, 0.05) is 5.56 Å². The maximum atomic E-state index is 12.1. The van der Waals surface area contributed by atoms with Crippen molar-refractivity contribution in [1.29, 1.82) is 0 Å². The first-order chi connectivity index (χ1) is 7.51. The minimum absolute atomic E-state index is 0.181. The lowest BCUT2D eigenvalue weighted by molar-refractivity contribution is 0.105. The van der Waals surface area contributed by atoms with Crippen molar-refractivity contribution in [3.63, 3.8) is 0 Å². The van der Waals surface area contributed by atoms with Gasteiger partial charge in [0.05, 0.1) is 0 Å². The SMILES string of the molecule is CC/C(=N\O)C(=O)c1c(C)cc(C)cc1C. The zero-order chi connectivity index (χ0) is 12.3. The van der Waals surface area contributed by atoms with Crippen molar-refractivity contribution in [3.8, 4) is 0 Å². The molecule has 0 aliphatic heterocycles. The van der Waals surface area contributed by atoms with Crippen LogP contribution in [0.15, 0.2) is 17.3 Å². The highest BCUT2D eigenvalue weighted by Gasteiger charge is 2.17. The Kier molecular flexibility index (Phi) is 3.82. The number of carbonyl (C=O) groups excluding carboxylic acids is 1. The fraction of sp³-hybridized carbons (Fsp3) is 0.385. The van der Waals surface area contributed by atoms with Crippen molar-refractivity contribution < 1.29 is 10.0 Å². The second kappa shape index (κ2) is 4.92. The smallest absolute Gasteiger partial charge is 0.211 e. The van der Waals surface area contributed by atoms with Crippen LogP contribution >= 0.6 is 0 Å². The van der Waals surface area contributed by atoms with Gasteiger partial charge in [-0.05, 0) is 38.3 Å². The van der Waals surface area contributed by atoms with Crippen molar-refractivity contribution in [2.75, 3.05) is 0 Å². The van der Waals surface area contributed by atoms with Crippen LogP contribution in [0.1, 0.15) is 40.4 Å². The fourth-order valence-electron chi connectivity index (χ4n) is 1.96. The zero-order valence-corrected chi connectivity index (χ0v) is 10.2. The summed E-state index contributed by atoms with van der Waals surface area (Å²) in [6.45, 7) is 7.59. The number of rotatable bonds is 3. The second-order valence-electron chi connectivity index (χ2n) is 4.00. The molecule has 1 N–H and O–H groups in total. The third-order valence-corrected chi connectivity index (χ3v) is 2.62. The van der Waals surface area contributed by atoms with Gasteiger partial charge in [0.1, 0.15) is 5.71 Å². The lowest BCUT2D eigenvalue weighted by Gasteiger charge is -2.10.